The van der Waals surface area contributed by atoms with E-state index in [0.29, 0.717) is 5.01 Å². The number of carbonyl (C=O) groups is 2. The number of carboxylic acid groups (broad SMARTS) is 1. The van der Waals surface area contributed by atoms with Gasteiger partial charge in [0.25, 0.3) is 0 Å². The number of amides is 2. The highest BCUT2D eigenvalue weighted by Gasteiger charge is 2.31. The van der Waals surface area contributed by atoms with Gasteiger partial charge >= 0.3 is 12.0 Å². The van der Waals surface area contributed by atoms with Crippen molar-refractivity contribution in [2.75, 3.05) is 18.1 Å². The molecule has 8 nitrogen and oxygen atoms in total. The van der Waals surface area contributed by atoms with E-state index >= 15 is 0 Å². The summed E-state index contributed by atoms with van der Waals surface area (Å²) in [6.45, 7) is 1.96. The molecule has 1 aromatic rings. The lowest BCUT2D eigenvalue weighted by molar-refractivity contribution is 0.0691. The van der Waals surface area contributed by atoms with E-state index < -0.39 is 15.8 Å². The van der Waals surface area contributed by atoms with Gasteiger partial charge in [-0.15, -0.1) is 11.3 Å². The minimum Gasteiger partial charge on any atom is -0.476 e. The summed E-state index contributed by atoms with van der Waals surface area (Å²) in [6, 6.07) is -0.751. The highest BCUT2D eigenvalue weighted by atomic mass is 32.2. The minimum absolute atomic E-state index is 0.0365. The first-order chi connectivity index (χ1) is 9.78. The maximum atomic E-state index is 12.0. The normalized spacial score (nSPS) is 21.0. The second-order valence-corrected chi connectivity index (χ2v) is 7.92. The van der Waals surface area contributed by atoms with Crippen molar-refractivity contribution in [2.45, 2.75) is 19.5 Å². The van der Waals surface area contributed by atoms with Crippen LogP contribution in [-0.4, -0.2) is 59.5 Å². The molecule has 0 saturated carbocycles. The average molecular weight is 333 g/mol. The van der Waals surface area contributed by atoms with E-state index in [-0.39, 0.29) is 42.4 Å². The maximum absolute atomic E-state index is 12.0. The monoisotopic (exact) mass is 333 g/mol. The minimum atomic E-state index is -3.07. The van der Waals surface area contributed by atoms with Crippen molar-refractivity contribution in [2.24, 2.45) is 0 Å². The fourth-order valence-electron chi connectivity index (χ4n) is 2.04. The van der Waals surface area contributed by atoms with Crippen molar-refractivity contribution in [1.29, 1.82) is 0 Å². The van der Waals surface area contributed by atoms with Gasteiger partial charge in [0.2, 0.25) is 0 Å². The zero-order chi connectivity index (χ0) is 15.6. The highest BCUT2D eigenvalue weighted by molar-refractivity contribution is 7.91. The SMILES string of the molecule is CC1CS(=O)(=O)CCN1C(=O)NCc1nc(C(=O)O)cs1. The molecule has 1 aliphatic heterocycles. The van der Waals surface area contributed by atoms with Crippen molar-refractivity contribution in [3.8, 4) is 0 Å². The van der Waals surface area contributed by atoms with E-state index in [1.165, 1.54) is 10.3 Å². The number of carboxylic acids is 1. The van der Waals surface area contributed by atoms with Crippen LogP contribution < -0.4 is 5.32 Å². The number of thiazole rings is 1. The fourth-order valence-corrected chi connectivity index (χ4v) is 4.31. The number of sulfone groups is 1. The molecule has 0 bridgehead atoms. The molecule has 21 heavy (non-hydrogen) atoms. The molecule has 1 aliphatic rings. The predicted molar refractivity (Wildman–Crippen MR) is 76.1 cm³/mol. The maximum Gasteiger partial charge on any atom is 0.355 e. The first-order valence-electron chi connectivity index (χ1n) is 6.21. The molecule has 2 rings (SSSR count). The second-order valence-electron chi connectivity index (χ2n) is 4.75. The Kier molecular flexibility index (Phi) is 4.47. The lowest BCUT2D eigenvalue weighted by Crippen LogP contribution is -2.53. The van der Waals surface area contributed by atoms with Gasteiger partial charge in [0.05, 0.1) is 18.1 Å². The van der Waals surface area contributed by atoms with Crippen LogP contribution in [0.3, 0.4) is 0 Å². The number of aromatic nitrogens is 1. The van der Waals surface area contributed by atoms with E-state index in [2.05, 4.69) is 10.3 Å². The first-order valence-corrected chi connectivity index (χ1v) is 8.91. The Labute approximate surface area is 125 Å². The zero-order valence-corrected chi connectivity index (χ0v) is 12.9. The zero-order valence-electron chi connectivity index (χ0n) is 11.3. The molecule has 10 heteroatoms. The Morgan fingerprint density at radius 1 is 1.57 bits per heavy atom. The van der Waals surface area contributed by atoms with Gasteiger partial charge in [-0.05, 0) is 6.92 Å². The Hall–Kier alpha value is -1.68. The summed E-state index contributed by atoms with van der Waals surface area (Å²) < 4.78 is 22.9. The summed E-state index contributed by atoms with van der Waals surface area (Å²) in [7, 11) is -3.07. The third-order valence-electron chi connectivity index (χ3n) is 3.09. The number of rotatable bonds is 3. The standard InChI is InChI=1S/C11H15N3O5S2/c1-7-6-21(18,19)3-2-14(7)11(17)12-4-9-13-8(5-20-9)10(15)16/h5,7H,2-4,6H2,1H3,(H,12,17)(H,15,16). The van der Waals surface area contributed by atoms with E-state index in [4.69, 9.17) is 5.11 Å². The van der Waals surface area contributed by atoms with Crippen LogP contribution in [0.15, 0.2) is 5.38 Å². The number of urea groups is 1. The second kappa shape index (κ2) is 5.98. The lowest BCUT2D eigenvalue weighted by atomic mass is 10.3. The number of carbonyl (C=O) groups excluding carboxylic acids is 1. The Bertz CT molecular complexity index is 655. The number of nitrogens with one attached hydrogen (secondary N) is 1. The molecule has 0 spiro atoms. The van der Waals surface area contributed by atoms with Gasteiger partial charge in [-0.25, -0.2) is 23.0 Å². The van der Waals surface area contributed by atoms with Gasteiger partial charge in [0.1, 0.15) is 5.01 Å². The summed E-state index contributed by atoms with van der Waals surface area (Å²) >= 11 is 1.15. The third-order valence-corrected chi connectivity index (χ3v) is 5.74. The molecule has 1 aromatic heterocycles. The average Bonchev–Trinajstić information content (AvgIpc) is 2.83. The summed E-state index contributed by atoms with van der Waals surface area (Å²) in [5, 5.41) is 13.3. The van der Waals surface area contributed by atoms with Gasteiger partial charge in [0, 0.05) is 18.0 Å². The van der Waals surface area contributed by atoms with Crippen LogP contribution >= 0.6 is 11.3 Å². The molecule has 1 unspecified atom stereocenters. The van der Waals surface area contributed by atoms with E-state index in [9.17, 15) is 18.0 Å². The third kappa shape index (κ3) is 3.91. The van der Waals surface area contributed by atoms with Gasteiger partial charge < -0.3 is 15.3 Å². The molecule has 1 fully saturated rings. The van der Waals surface area contributed by atoms with Crippen molar-refractivity contribution < 1.29 is 23.1 Å². The van der Waals surface area contributed by atoms with Crippen molar-refractivity contribution in [3.05, 3.63) is 16.1 Å². The van der Waals surface area contributed by atoms with Crippen molar-refractivity contribution in [3.63, 3.8) is 0 Å². The first kappa shape index (κ1) is 15.7. The highest BCUT2D eigenvalue weighted by Crippen LogP contribution is 2.13. The molecule has 116 valence electrons. The molecule has 1 saturated heterocycles. The van der Waals surface area contributed by atoms with Crippen LogP contribution in [0.2, 0.25) is 0 Å². The molecule has 2 amide bonds. The summed E-state index contributed by atoms with van der Waals surface area (Å²) in [5.41, 5.74) is -0.0540. The molecular weight excluding hydrogens is 318 g/mol. The molecule has 1 atom stereocenters. The smallest absolute Gasteiger partial charge is 0.355 e. The Morgan fingerprint density at radius 3 is 2.86 bits per heavy atom. The molecule has 0 aromatic carbocycles. The molecular formula is C11H15N3O5S2. The van der Waals surface area contributed by atoms with Crippen LogP contribution in [-0.2, 0) is 16.4 Å². The molecule has 2 N–H and O–H groups in total. The Morgan fingerprint density at radius 2 is 2.29 bits per heavy atom. The molecule has 2 heterocycles. The van der Waals surface area contributed by atoms with E-state index in [0.717, 1.165) is 11.3 Å². The van der Waals surface area contributed by atoms with Crippen LogP contribution in [0.25, 0.3) is 0 Å². The van der Waals surface area contributed by atoms with Crippen LogP contribution in [0.4, 0.5) is 4.79 Å². The summed E-state index contributed by atoms with van der Waals surface area (Å²) in [4.78, 5) is 28.0. The molecule has 0 radical (unpaired) electrons. The fraction of sp³-hybridized carbons (Fsp3) is 0.545. The predicted octanol–water partition coefficient (Wildman–Crippen LogP) is 0.170. The summed E-state index contributed by atoms with van der Waals surface area (Å²) in [5.74, 6) is -1.19. The number of aromatic carboxylic acids is 1. The summed E-state index contributed by atoms with van der Waals surface area (Å²) in [6.07, 6.45) is 0. The number of nitrogens with zero attached hydrogens (tertiary/aromatic N) is 2. The van der Waals surface area contributed by atoms with E-state index in [1.807, 2.05) is 0 Å². The topological polar surface area (TPSA) is 117 Å². The van der Waals surface area contributed by atoms with E-state index in [1.54, 1.807) is 6.92 Å². The largest absolute Gasteiger partial charge is 0.476 e. The Balaban J connectivity index is 1.91. The molecule has 0 aliphatic carbocycles. The lowest BCUT2D eigenvalue weighted by Gasteiger charge is -2.33. The van der Waals surface area contributed by atoms with Crippen molar-refractivity contribution in [1.82, 2.24) is 15.2 Å². The van der Waals surface area contributed by atoms with Gasteiger partial charge in [-0.3, -0.25) is 0 Å². The van der Waals surface area contributed by atoms with Crippen LogP contribution in [0, 0.1) is 0 Å². The quantitative estimate of drug-likeness (QED) is 0.814. The van der Waals surface area contributed by atoms with Gasteiger partial charge in [-0.1, -0.05) is 0 Å². The number of hydrogen-bond donors (Lipinski definition) is 2. The van der Waals surface area contributed by atoms with Gasteiger partial charge in [0.15, 0.2) is 15.5 Å². The number of hydrogen-bond acceptors (Lipinski definition) is 6. The van der Waals surface area contributed by atoms with Crippen LogP contribution in [0.1, 0.15) is 22.4 Å². The van der Waals surface area contributed by atoms with Gasteiger partial charge in [-0.2, -0.15) is 0 Å². The van der Waals surface area contributed by atoms with Crippen LogP contribution in [0.5, 0.6) is 0 Å². The van der Waals surface area contributed by atoms with Crippen molar-refractivity contribution >= 4 is 33.2 Å².